The second-order valence-electron chi connectivity index (χ2n) is 2.58. The lowest BCUT2D eigenvalue weighted by molar-refractivity contribution is 0.293. The molecule has 10 heavy (non-hydrogen) atoms. The van der Waals surface area contributed by atoms with Gasteiger partial charge in [-0.05, 0) is 26.3 Å². The van der Waals surface area contributed by atoms with Gasteiger partial charge in [-0.2, -0.15) is 11.8 Å². The van der Waals surface area contributed by atoms with E-state index in [1.54, 1.807) is 0 Å². The number of thioether (sulfide) groups is 1. The highest BCUT2D eigenvalue weighted by atomic mass is 32.2. The van der Waals surface area contributed by atoms with Crippen LogP contribution in [-0.2, 0) is 0 Å². The van der Waals surface area contributed by atoms with Crippen LogP contribution in [0.4, 0.5) is 0 Å². The first kappa shape index (κ1) is 10.3. The van der Waals surface area contributed by atoms with Crippen molar-refractivity contribution in [3.05, 3.63) is 0 Å². The SMILES string of the molecule is CCSCC(C)N(C)CC. The minimum Gasteiger partial charge on any atom is -0.303 e. The molecular formula is C8H19NS. The second-order valence-corrected chi connectivity index (χ2v) is 3.90. The van der Waals surface area contributed by atoms with Gasteiger partial charge in [0.05, 0.1) is 0 Å². The highest BCUT2D eigenvalue weighted by Crippen LogP contribution is 2.05. The third-order valence-corrected chi connectivity index (χ3v) is 2.94. The van der Waals surface area contributed by atoms with Crippen molar-refractivity contribution in [2.75, 3.05) is 25.1 Å². The molecule has 1 nitrogen and oxygen atoms in total. The minimum atomic E-state index is 0.731. The van der Waals surface area contributed by atoms with Gasteiger partial charge in [-0.1, -0.05) is 13.8 Å². The van der Waals surface area contributed by atoms with Gasteiger partial charge in [0.15, 0.2) is 0 Å². The van der Waals surface area contributed by atoms with E-state index in [9.17, 15) is 0 Å². The zero-order valence-electron chi connectivity index (χ0n) is 7.55. The lowest BCUT2D eigenvalue weighted by atomic mass is 10.3. The number of rotatable bonds is 5. The predicted octanol–water partition coefficient (Wildman–Crippen LogP) is 2.08. The van der Waals surface area contributed by atoms with Crippen LogP contribution >= 0.6 is 11.8 Å². The summed E-state index contributed by atoms with van der Waals surface area (Å²) in [7, 11) is 2.18. The smallest absolute Gasteiger partial charge is 0.0154 e. The fourth-order valence-corrected chi connectivity index (χ4v) is 1.56. The number of hydrogen-bond acceptors (Lipinski definition) is 2. The Morgan fingerprint density at radius 1 is 1.40 bits per heavy atom. The molecule has 0 heterocycles. The van der Waals surface area contributed by atoms with Crippen molar-refractivity contribution in [1.29, 1.82) is 0 Å². The van der Waals surface area contributed by atoms with Crippen molar-refractivity contribution >= 4 is 11.8 Å². The van der Waals surface area contributed by atoms with Crippen LogP contribution in [-0.4, -0.2) is 36.0 Å². The first-order chi connectivity index (χ1) is 4.72. The van der Waals surface area contributed by atoms with Crippen LogP contribution in [0.1, 0.15) is 20.8 Å². The molecule has 1 unspecified atom stereocenters. The third-order valence-electron chi connectivity index (χ3n) is 1.81. The average molecular weight is 161 g/mol. The van der Waals surface area contributed by atoms with Crippen LogP contribution in [0.25, 0.3) is 0 Å². The zero-order valence-corrected chi connectivity index (χ0v) is 8.37. The highest BCUT2D eigenvalue weighted by molar-refractivity contribution is 7.99. The van der Waals surface area contributed by atoms with Gasteiger partial charge >= 0.3 is 0 Å². The van der Waals surface area contributed by atoms with Crippen LogP contribution in [0.5, 0.6) is 0 Å². The Labute approximate surface area is 69.2 Å². The largest absolute Gasteiger partial charge is 0.303 e. The molecule has 0 aromatic rings. The van der Waals surface area contributed by atoms with Crippen molar-refractivity contribution in [2.45, 2.75) is 26.8 Å². The van der Waals surface area contributed by atoms with E-state index in [0.717, 1.165) is 12.6 Å². The van der Waals surface area contributed by atoms with E-state index in [2.05, 4.69) is 32.7 Å². The molecule has 0 saturated carbocycles. The van der Waals surface area contributed by atoms with Gasteiger partial charge < -0.3 is 4.90 Å². The Bertz CT molecular complexity index is 75.7. The summed E-state index contributed by atoms with van der Waals surface area (Å²) in [5.74, 6) is 2.50. The summed E-state index contributed by atoms with van der Waals surface area (Å²) in [5.41, 5.74) is 0. The van der Waals surface area contributed by atoms with E-state index in [4.69, 9.17) is 0 Å². The maximum absolute atomic E-state index is 2.38. The van der Waals surface area contributed by atoms with Gasteiger partial charge in [0.2, 0.25) is 0 Å². The fraction of sp³-hybridized carbons (Fsp3) is 1.00. The van der Waals surface area contributed by atoms with Crippen LogP contribution < -0.4 is 0 Å². The van der Waals surface area contributed by atoms with Crippen molar-refractivity contribution in [1.82, 2.24) is 4.90 Å². The molecule has 0 aliphatic carbocycles. The molecule has 0 fully saturated rings. The number of hydrogen-bond donors (Lipinski definition) is 0. The van der Waals surface area contributed by atoms with E-state index in [1.807, 2.05) is 11.8 Å². The Hall–Kier alpha value is 0.310. The van der Waals surface area contributed by atoms with Gasteiger partial charge in [-0.25, -0.2) is 0 Å². The lowest BCUT2D eigenvalue weighted by Gasteiger charge is -2.22. The zero-order chi connectivity index (χ0) is 7.98. The molecule has 1 atom stereocenters. The monoisotopic (exact) mass is 161 g/mol. The molecule has 2 heteroatoms. The third kappa shape index (κ3) is 4.18. The molecule has 0 aliphatic heterocycles. The van der Waals surface area contributed by atoms with Gasteiger partial charge in [-0.3, -0.25) is 0 Å². The van der Waals surface area contributed by atoms with Crippen molar-refractivity contribution < 1.29 is 0 Å². The summed E-state index contributed by atoms with van der Waals surface area (Å²) in [6.07, 6.45) is 0. The Morgan fingerprint density at radius 3 is 2.40 bits per heavy atom. The Balaban J connectivity index is 3.31. The van der Waals surface area contributed by atoms with E-state index in [0.29, 0.717) is 0 Å². The van der Waals surface area contributed by atoms with E-state index < -0.39 is 0 Å². The minimum absolute atomic E-state index is 0.731. The molecule has 0 spiro atoms. The summed E-state index contributed by atoms with van der Waals surface area (Å²) in [4.78, 5) is 2.38. The van der Waals surface area contributed by atoms with E-state index >= 15 is 0 Å². The van der Waals surface area contributed by atoms with Gasteiger partial charge in [0, 0.05) is 11.8 Å². The van der Waals surface area contributed by atoms with Crippen LogP contribution in [0.2, 0.25) is 0 Å². The first-order valence-electron chi connectivity index (χ1n) is 4.00. The molecule has 0 aliphatic rings. The summed E-state index contributed by atoms with van der Waals surface area (Å²) >= 11 is 2.02. The summed E-state index contributed by atoms with van der Waals surface area (Å²) in [5, 5.41) is 0. The first-order valence-corrected chi connectivity index (χ1v) is 5.15. The Kier molecular flexibility index (Phi) is 6.24. The Morgan fingerprint density at radius 2 is 2.00 bits per heavy atom. The average Bonchev–Trinajstić information content (AvgIpc) is 1.98. The van der Waals surface area contributed by atoms with Crippen LogP contribution in [0.3, 0.4) is 0 Å². The van der Waals surface area contributed by atoms with Gasteiger partial charge in [-0.15, -0.1) is 0 Å². The standard InChI is InChI=1S/C8H19NS/c1-5-9(4)8(3)7-10-6-2/h8H,5-7H2,1-4H3. The van der Waals surface area contributed by atoms with Gasteiger partial charge in [0.1, 0.15) is 0 Å². The molecule has 62 valence electrons. The quantitative estimate of drug-likeness (QED) is 0.607. The van der Waals surface area contributed by atoms with Crippen molar-refractivity contribution in [3.63, 3.8) is 0 Å². The normalized spacial score (nSPS) is 14.1. The fourth-order valence-electron chi connectivity index (χ4n) is 0.727. The van der Waals surface area contributed by atoms with E-state index in [-0.39, 0.29) is 0 Å². The molecule has 0 amide bonds. The maximum Gasteiger partial charge on any atom is 0.0154 e. The van der Waals surface area contributed by atoms with Crippen molar-refractivity contribution in [2.24, 2.45) is 0 Å². The molecule has 0 radical (unpaired) electrons. The molecule has 0 aromatic carbocycles. The molecule has 0 saturated heterocycles. The molecular weight excluding hydrogens is 142 g/mol. The maximum atomic E-state index is 2.38. The predicted molar refractivity (Wildman–Crippen MR) is 50.8 cm³/mol. The summed E-state index contributed by atoms with van der Waals surface area (Å²) in [6.45, 7) is 7.86. The second kappa shape index (κ2) is 6.05. The molecule has 0 N–H and O–H groups in total. The molecule has 0 aromatic heterocycles. The number of nitrogens with zero attached hydrogens (tertiary/aromatic N) is 1. The summed E-state index contributed by atoms with van der Waals surface area (Å²) in [6, 6.07) is 0.731. The summed E-state index contributed by atoms with van der Waals surface area (Å²) < 4.78 is 0. The molecule has 0 rings (SSSR count). The lowest BCUT2D eigenvalue weighted by Crippen LogP contribution is -2.30. The van der Waals surface area contributed by atoms with Gasteiger partial charge in [0.25, 0.3) is 0 Å². The van der Waals surface area contributed by atoms with Crippen molar-refractivity contribution in [3.8, 4) is 0 Å². The topological polar surface area (TPSA) is 3.24 Å². The highest BCUT2D eigenvalue weighted by Gasteiger charge is 2.04. The van der Waals surface area contributed by atoms with Crippen LogP contribution in [0.15, 0.2) is 0 Å². The molecule has 0 bridgehead atoms. The van der Waals surface area contributed by atoms with Crippen LogP contribution in [0, 0.1) is 0 Å². The van der Waals surface area contributed by atoms with E-state index in [1.165, 1.54) is 11.5 Å².